The molecule has 0 spiro atoms. The molecule has 0 unspecified atom stereocenters. The summed E-state index contributed by atoms with van der Waals surface area (Å²) < 4.78 is 10.9. The van der Waals surface area contributed by atoms with Crippen LogP contribution in [0.3, 0.4) is 0 Å². The SMILES string of the molecule is COC(=O)Nc1cn(C)nc1OC. The number of carbonyl (C=O) groups excluding carboxylic acids is 1. The second kappa shape index (κ2) is 3.79. The van der Waals surface area contributed by atoms with Gasteiger partial charge in [-0.05, 0) is 0 Å². The number of methoxy groups -OCH3 is 2. The van der Waals surface area contributed by atoms with Crippen LogP contribution in [0.25, 0.3) is 0 Å². The summed E-state index contributed by atoms with van der Waals surface area (Å²) in [5.41, 5.74) is 0.483. The normalized spacial score (nSPS) is 9.46. The average Bonchev–Trinajstić information content (AvgIpc) is 2.46. The molecule has 1 heterocycles. The fourth-order valence-corrected chi connectivity index (χ4v) is 0.866. The molecule has 0 saturated carbocycles. The van der Waals surface area contributed by atoms with Crippen LogP contribution in [0.2, 0.25) is 0 Å². The summed E-state index contributed by atoms with van der Waals surface area (Å²) in [7, 11) is 4.49. The van der Waals surface area contributed by atoms with Crippen molar-refractivity contribution in [1.82, 2.24) is 9.78 Å². The monoisotopic (exact) mass is 185 g/mol. The highest BCUT2D eigenvalue weighted by atomic mass is 16.5. The Balaban J connectivity index is 2.80. The van der Waals surface area contributed by atoms with E-state index in [-0.39, 0.29) is 0 Å². The molecular formula is C7H11N3O3. The van der Waals surface area contributed by atoms with Crippen LogP contribution in [-0.4, -0.2) is 30.1 Å². The molecule has 0 atom stereocenters. The zero-order chi connectivity index (χ0) is 9.84. The first kappa shape index (κ1) is 9.37. The Morgan fingerprint density at radius 2 is 2.31 bits per heavy atom. The summed E-state index contributed by atoms with van der Waals surface area (Å²) in [5, 5.41) is 6.40. The van der Waals surface area contributed by atoms with Crippen molar-refractivity contribution in [2.75, 3.05) is 19.5 Å². The lowest BCUT2D eigenvalue weighted by atomic mass is 10.5. The predicted octanol–water partition coefficient (Wildman–Crippen LogP) is 0.607. The van der Waals surface area contributed by atoms with Gasteiger partial charge in [-0.1, -0.05) is 0 Å². The highest BCUT2D eigenvalue weighted by Gasteiger charge is 2.10. The van der Waals surface area contributed by atoms with Crippen molar-refractivity contribution in [1.29, 1.82) is 0 Å². The molecule has 0 fully saturated rings. The van der Waals surface area contributed by atoms with Crippen molar-refractivity contribution in [2.24, 2.45) is 7.05 Å². The van der Waals surface area contributed by atoms with Crippen LogP contribution >= 0.6 is 0 Å². The number of aryl methyl sites for hydroxylation is 1. The second-order valence-corrected chi connectivity index (χ2v) is 2.34. The number of nitrogens with zero attached hydrogens (tertiary/aromatic N) is 2. The third-order valence-electron chi connectivity index (χ3n) is 1.41. The molecule has 1 rings (SSSR count). The van der Waals surface area contributed by atoms with Crippen LogP contribution in [0, 0.1) is 0 Å². The molecule has 72 valence electrons. The van der Waals surface area contributed by atoms with Crippen LogP contribution in [0.4, 0.5) is 10.5 Å². The number of carbonyl (C=O) groups is 1. The molecule has 6 nitrogen and oxygen atoms in total. The van der Waals surface area contributed by atoms with Crippen LogP contribution in [0.5, 0.6) is 5.88 Å². The Labute approximate surface area is 75.4 Å². The molecule has 0 bridgehead atoms. The molecule has 0 radical (unpaired) electrons. The Kier molecular flexibility index (Phi) is 2.73. The van der Waals surface area contributed by atoms with E-state index in [4.69, 9.17) is 4.74 Å². The highest BCUT2D eigenvalue weighted by molar-refractivity contribution is 5.85. The van der Waals surface area contributed by atoms with Crippen LogP contribution in [0.15, 0.2) is 6.20 Å². The van der Waals surface area contributed by atoms with E-state index in [2.05, 4.69) is 15.2 Å². The Bertz CT molecular complexity index is 308. The number of hydrogen-bond acceptors (Lipinski definition) is 4. The predicted molar refractivity (Wildman–Crippen MR) is 45.8 cm³/mol. The van der Waals surface area contributed by atoms with Gasteiger partial charge in [-0.2, -0.15) is 0 Å². The van der Waals surface area contributed by atoms with E-state index < -0.39 is 6.09 Å². The summed E-state index contributed by atoms with van der Waals surface area (Å²) >= 11 is 0. The van der Waals surface area contributed by atoms with Crippen molar-refractivity contribution in [3.8, 4) is 5.88 Å². The summed E-state index contributed by atoms with van der Waals surface area (Å²) in [6.45, 7) is 0. The smallest absolute Gasteiger partial charge is 0.411 e. The van der Waals surface area contributed by atoms with Gasteiger partial charge in [0, 0.05) is 7.05 Å². The van der Waals surface area contributed by atoms with Crippen molar-refractivity contribution < 1.29 is 14.3 Å². The van der Waals surface area contributed by atoms with Gasteiger partial charge in [-0.3, -0.25) is 10.00 Å². The molecule has 6 heteroatoms. The van der Waals surface area contributed by atoms with Gasteiger partial charge in [-0.15, -0.1) is 5.10 Å². The van der Waals surface area contributed by atoms with Gasteiger partial charge >= 0.3 is 6.09 Å². The lowest BCUT2D eigenvalue weighted by Crippen LogP contribution is -2.10. The number of nitrogens with one attached hydrogen (secondary N) is 1. The minimum atomic E-state index is -0.550. The molecule has 13 heavy (non-hydrogen) atoms. The summed E-state index contributed by atoms with van der Waals surface area (Å²) in [6, 6.07) is 0. The van der Waals surface area contributed by atoms with Gasteiger partial charge in [0.1, 0.15) is 5.69 Å². The first-order valence-corrected chi connectivity index (χ1v) is 3.60. The molecule has 0 aromatic carbocycles. The highest BCUT2D eigenvalue weighted by Crippen LogP contribution is 2.20. The van der Waals surface area contributed by atoms with Gasteiger partial charge in [0.05, 0.1) is 20.4 Å². The third-order valence-corrected chi connectivity index (χ3v) is 1.41. The van der Waals surface area contributed by atoms with Crippen LogP contribution in [0.1, 0.15) is 0 Å². The van der Waals surface area contributed by atoms with E-state index in [0.717, 1.165) is 0 Å². The topological polar surface area (TPSA) is 65.4 Å². The number of ether oxygens (including phenoxy) is 2. The summed E-state index contributed by atoms with van der Waals surface area (Å²) in [6.07, 6.45) is 1.07. The molecule has 0 saturated heterocycles. The molecule has 1 amide bonds. The van der Waals surface area contributed by atoms with Crippen molar-refractivity contribution in [3.63, 3.8) is 0 Å². The van der Waals surface area contributed by atoms with Gasteiger partial charge in [0.25, 0.3) is 5.88 Å². The van der Waals surface area contributed by atoms with Crippen molar-refractivity contribution >= 4 is 11.8 Å². The maximum atomic E-state index is 10.8. The molecule has 0 aliphatic rings. The zero-order valence-corrected chi connectivity index (χ0v) is 7.70. The van der Waals surface area contributed by atoms with Crippen molar-refractivity contribution in [3.05, 3.63) is 6.20 Å². The quantitative estimate of drug-likeness (QED) is 0.733. The van der Waals surface area contributed by atoms with Gasteiger partial charge < -0.3 is 9.47 Å². The van der Waals surface area contributed by atoms with Crippen molar-refractivity contribution in [2.45, 2.75) is 0 Å². The first-order valence-electron chi connectivity index (χ1n) is 3.60. The Morgan fingerprint density at radius 3 is 2.85 bits per heavy atom. The van der Waals surface area contributed by atoms with E-state index in [1.165, 1.54) is 18.9 Å². The number of hydrogen-bond donors (Lipinski definition) is 1. The van der Waals surface area contributed by atoms with E-state index in [9.17, 15) is 4.79 Å². The first-order chi connectivity index (χ1) is 6.17. The fraction of sp³-hybridized carbons (Fsp3) is 0.429. The largest absolute Gasteiger partial charge is 0.478 e. The van der Waals surface area contributed by atoms with E-state index in [1.54, 1.807) is 13.2 Å². The molecule has 0 aliphatic carbocycles. The average molecular weight is 185 g/mol. The number of rotatable bonds is 2. The maximum absolute atomic E-state index is 10.8. The number of amides is 1. The van der Waals surface area contributed by atoms with Gasteiger partial charge in [0.2, 0.25) is 0 Å². The Hall–Kier alpha value is -1.72. The standard InChI is InChI=1S/C7H11N3O3/c1-10-4-5(6(9-10)12-2)8-7(11)13-3/h4H,1-3H3,(H,8,11). The lowest BCUT2D eigenvalue weighted by molar-refractivity contribution is 0.187. The molecular weight excluding hydrogens is 174 g/mol. The molecule has 0 aliphatic heterocycles. The number of aromatic nitrogens is 2. The Morgan fingerprint density at radius 1 is 1.62 bits per heavy atom. The van der Waals surface area contributed by atoms with Crippen LogP contribution in [-0.2, 0) is 11.8 Å². The van der Waals surface area contributed by atoms with E-state index >= 15 is 0 Å². The third kappa shape index (κ3) is 2.11. The van der Waals surface area contributed by atoms with Crippen LogP contribution < -0.4 is 10.1 Å². The minimum Gasteiger partial charge on any atom is -0.478 e. The summed E-state index contributed by atoms with van der Waals surface area (Å²) in [5.74, 6) is 0.355. The minimum absolute atomic E-state index is 0.355. The molecule has 1 N–H and O–H groups in total. The maximum Gasteiger partial charge on any atom is 0.411 e. The molecule has 1 aromatic rings. The van der Waals surface area contributed by atoms with E-state index in [1.807, 2.05) is 0 Å². The molecule has 1 aromatic heterocycles. The van der Waals surface area contributed by atoms with Gasteiger partial charge in [0.15, 0.2) is 0 Å². The lowest BCUT2D eigenvalue weighted by Gasteiger charge is -2.01. The van der Waals surface area contributed by atoms with Gasteiger partial charge in [-0.25, -0.2) is 4.79 Å². The zero-order valence-electron chi connectivity index (χ0n) is 7.70. The summed E-state index contributed by atoms with van der Waals surface area (Å²) in [4.78, 5) is 10.8. The fourth-order valence-electron chi connectivity index (χ4n) is 0.866. The second-order valence-electron chi connectivity index (χ2n) is 2.34. The van der Waals surface area contributed by atoms with E-state index in [0.29, 0.717) is 11.6 Å². The number of anilines is 1.